The molecule has 19 heavy (non-hydrogen) atoms. The van der Waals surface area contributed by atoms with Crippen molar-refractivity contribution in [3.05, 3.63) is 52.6 Å². The second-order valence-corrected chi connectivity index (χ2v) is 6.42. The number of aryl methyl sites for hydroxylation is 1. The van der Waals surface area contributed by atoms with Gasteiger partial charge in [-0.3, -0.25) is 0 Å². The van der Waals surface area contributed by atoms with Crippen molar-refractivity contribution in [1.82, 2.24) is 0 Å². The van der Waals surface area contributed by atoms with Gasteiger partial charge < -0.3 is 0 Å². The molecule has 0 aliphatic carbocycles. The van der Waals surface area contributed by atoms with Gasteiger partial charge in [0.25, 0.3) is 0 Å². The number of rotatable bonds is 7. The van der Waals surface area contributed by atoms with E-state index in [-0.39, 0.29) is 0 Å². The van der Waals surface area contributed by atoms with Crippen molar-refractivity contribution in [1.29, 1.82) is 0 Å². The summed E-state index contributed by atoms with van der Waals surface area (Å²) in [5.74, 6) is 0. The Morgan fingerprint density at radius 3 is 2.37 bits per heavy atom. The van der Waals surface area contributed by atoms with Gasteiger partial charge in [0, 0.05) is 0 Å². The SMILES string of the molecule is CC(C)=CCC/C(C)=C/c1ccc(CCCI)cc1. The lowest BCUT2D eigenvalue weighted by Crippen LogP contribution is -1.86. The number of halogens is 1. The van der Waals surface area contributed by atoms with Crippen molar-refractivity contribution < 1.29 is 0 Å². The van der Waals surface area contributed by atoms with Crippen LogP contribution in [0.5, 0.6) is 0 Å². The Labute approximate surface area is 132 Å². The number of hydrogen-bond donors (Lipinski definition) is 0. The largest absolute Gasteiger partial charge is 0.0864 e. The van der Waals surface area contributed by atoms with Crippen LogP contribution in [0.25, 0.3) is 6.08 Å². The Hall–Kier alpha value is -0.570. The number of benzene rings is 1. The van der Waals surface area contributed by atoms with Crippen LogP contribution in [0.2, 0.25) is 0 Å². The second-order valence-electron chi connectivity index (χ2n) is 5.34. The quantitative estimate of drug-likeness (QED) is 0.305. The fourth-order valence-electron chi connectivity index (χ4n) is 2.00. The summed E-state index contributed by atoms with van der Waals surface area (Å²) in [6.45, 7) is 6.55. The molecule has 0 saturated heterocycles. The maximum atomic E-state index is 2.44. The molecular weight excluding hydrogens is 343 g/mol. The van der Waals surface area contributed by atoms with Gasteiger partial charge in [-0.1, -0.05) is 70.2 Å². The predicted molar refractivity (Wildman–Crippen MR) is 96.0 cm³/mol. The van der Waals surface area contributed by atoms with Gasteiger partial charge in [0.1, 0.15) is 0 Å². The van der Waals surface area contributed by atoms with E-state index in [0.717, 1.165) is 12.8 Å². The van der Waals surface area contributed by atoms with Gasteiger partial charge in [-0.2, -0.15) is 0 Å². The van der Waals surface area contributed by atoms with Gasteiger partial charge in [-0.25, -0.2) is 0 Å². The summed E-state index contributed by atoms with van der Waals surface area (Å²) in [5, 5.41) is 0. The molecule has 0 spiro atoms. The summed E-state index contributed by atoms with van der Waals surface area (Å²) in [6.07, 6.45) is 9.40. The van der Waals surface area contributed by atoms with E-state index < -0.39 is 0 Å². The molecule has 104 valence electrons. The highest BCUT2D eigenvalue weighted by Crippen LogP contribution is 2.14. The smallest absolute Gasteiger partial charge is 0.000156 e. The van der Waals surface area contributed by atoms with E-state index in [1.807, 2.05) is 0 Å². The van der Waals surface area contributed by atoms with Crippen LogP contribution in [-0.2, 0) is 6.42 Å². The third kappa shape index (κ3) is 7.56. The van der Waals surface area contributed by atoms with Gasteiger partial charge in [-0.15, -0.1) is 0 Å². The Morgan fingerprint density at radius 1 is 1.11 bits per heavy atom. The van der Waals surface area contributed by atoms with Crippen molar-refractivity contribution in [3.8, 4) is 0 Å². The van der Waals surface area contributed by atoms with E-state index in [1.54, 1.807) is 0 Å². The molecule has 1 rings (SSSR count). The van der Waals surface area contributed by atoms with Crippen molar-refractivity contribution >= 4 is 28.7 Å². The van der Waals surface area contributed by atoms with Crippen LogP contribution in [0.15, 0.2) is 41.5 Å². The molecule has 0 atom stereocenters. The average molecular weight is 368 g/mol. The molecule has 0 N–H and O–H groups in total. The van der Waals surface area contributed by atoms with Crippen molar-refractivity contribution in [2.45, 2.75) is 46.5 Å². The molecular formula is C18H25I. The van der Waals surface area contributed by atoms with Crippen LogP contribution in [0, 0.1) is 0 Å². The summed E-state index contributed by atoms with van der Waals surface area (Å²) in [6, 6.07) is 9.02. The molecule has 0 heterocycles. The summed E-state index contributed by atoms with van der Waals surface area (Å²) in [4.78, 5) is 0. The lowest BCUT2D eigenvalue weighted by molar-refractivity contribution is 0.945. The van der Waals surface area contributed by atoms with E-state index in [1.165, 1.54) is 39.5 Å². The molecule has 1 aromatic carbocycles. The minimum atomic E-state index is 1.15. The zero-order valence-electron chi connectivity index (χ0n) is 12.4. The monoisotopic (exact) mass is 368 g/mol. The molecule has 0 aliphatic rings. The normalized spacial score (nSPS) is 11.5. The maximum absolute atomic E-state index is 2.44. The van der Waals surface area contributed by atoms with Crippen LogP contribution < -0.4 is 0 Å². The summed E-state index contributed by atoms with van der Waals surface area (Å²) < 4.78 is 1.24. The molecule has 0 fully saturated rings. The van der Waals surface area contributed by atoms with Gasteiger partial charge in [0.15, 0.2) is 0 Å². The van der Waals surface area contributed by atoms with E-state index >= 15 is 0 Å². The van der Waals surface area contributed by atoms with Crippen LogP contribution in [-0.4, -0.2) is 4.43 Å². The molecule has 1 heteroatoms. The highest BCUT2D eigenvalue weighted by molar-refractivity contribution is 14.1. The third-order valence-electron chi connectivity index (χ3n) is 3.08. The first kappa shape index (κ1) is 16.5. The van der Waals surface area contributed by atoms with Crippen molar-refractivity contribution in [2.24, 2.45) is 0 Å². The zero-order valence-corrected chi connectivity index (χ0v) is 14.5. The molecule has 0 unspecified atom stereocenters. The lowest BCUT2D eigenvalue weighted by atomic mass is 10.0. The number of allylic oxidation sites excluding steroid dienone is 3. The summed E-state index contributed by atoms with van der Waals surface area (Å²) in [5.41, 5.74) is 5.65. The van der Waals surface area contributed by atoms with E-state index in [4.69, 9.17) is 0 Å². The molecule has 0 nitrogen and oxygen atoms in total. The Morgan fingerprint density at radius 2 is 1.79 bits per heavy atom. The number of alkyl halides is 1. The molecule has 0 aromatic heterocycles. The fraction of sp³-hybridized carbons (Fsp3) is 0.444. The van der Waals surface area contributed by atoms with Gasteiger partial charge in [-0.05, 0) is 62.0 Å². The summed E-state index contributed by atoms with van der Waals surface area (Å²) >= 11 is 2.44. The Kier molecular flexibility index (Phi) is 8.11. The standard InChI is InChI=1S/C18H25I/c1-15(2)6-4-7-16(3)14-18-11-9-17(10-12-18)8-5-13-19/h6,9-12,14H,4-5,7-8,13H2,1-3H3/b16-14+. The highest BCUT2D eigenvalue weighted by Gasteiger charge is 1.94. The van der Waals surface area contributed by atoms with Crippen LogP contribution in [0.4, 0.5) is 0 Å². The average Bonchev–Trinajstić information content (AvgIpc) is 2.37. The molecule has 0 amide bonds. The number of hydrogen-bond acceptors (Lipinski definition) is 0. The minimum Gasteiger partial charge on any atom is -0.0864 e. The molecule has 0 saturated carbocycles. The highest BCUT2D eigenvalue weighted by atomic mass is 127. The first-order valence-electron chi connectivity index (χ1n) is 7.07. The second kappa shape index (κ2) is 9.35. The topological polar surface area (TPSA) is 0 Å². The van der Waals surface area contributed by atoms with Gasteiger partial charge >= 0.3 is 0 Å². The summed E-state index contributed by atoms with van der Waals surface area (Å²) in [7, 11) is 0. The fourth-order valence-corrected chi connectivity index (χ4v) is 2.38. The molecule has 1 aromatic rings. The maximum Gasteiger partial charge on any atom is -0.000156 e. The van der Waals surface area contributed by atoms with Crippen molar-refractivity contribution in [3.63, 3.8) is 0 Å². The first-order valence-corrected chi connectivity index (χ1v) is 8.60. The van der Waals surface area contributed by atoms with Crippen LogP contribution in [0.3, 0.4) is 0 Å². The molecule has 0 radical (unpaired) electrons. The predicted octanol–water partition coefficient (Wildman–Crippen LogP) is 6.20. The Bertz CT molecular complexity index is 420. The zero-order chi connectivity index (χ0) is 14.1. The molecule has 0 bridgehead atoms. The lowest BCUT2D eigenvalue weighted by Gasteiger charge is -2.02. The van der Waals surface area contributed by atoms with E-state index in [0.29, 0.717) is 0 Å². The van der Waals surface area contributed by atoms with Crippen LogP contribution in [0.1, 0.15) is 51.2 Å². The van der Waals surface area contributed by atoms with Crippen molar-refractivity contribution in [2.75, 3.05) is 4.43 Å². The minimum absolute atomic E-state index is 1.15. The van der Waals surface area contributed by atoms with E-state index in [2.05, 4.69) is 79.8 Å². The van der Waals surface area contributed by atoms with Crippen LogP contribution >= 0.6 is 22.6 Å². The van der Waals surface area contributed by atoms with Gasteiger partial charge in [0.05, 0.1) is 0 Å². The third-order valence-corrected chi connectivity index (χ3v) is 3.85. The van der Waals surface area contributed by atoms with E-state index in [9.17, 15) is 0 Å². The van der Waals surface area contributed by atoms with Gasteiger partial charge in [0.2, 0.25) is 0 Å². The Balaban J connectivity index is 2.53. The molecule has 0 aliphatic heterocycles. The first-order chi connectivity index (χ1) is 9.11.